The third-order valence-electron chi connectivity index (χ3n) is 4.24. The lowest BCUT2D eigenvalue weighted by molar-refractivity contribution is 0.215. The number of aromatic nitrogens is 2. The van der Waals surface area contributed by atoms with Gasteiger partial charge in [-0.15, -0.1) is 0 Å². The van der Waals surface area contributed by atoms with Crippen molar-refractivity contribution in [3.63, 3.8) is 0 Å². The quantitative estimate of drug-likeness (QED) is 0.317. The molecule has 7 heteroatoms. The van der Waals surface area contributed by atoms with Crippen LogP contribution >= 0.6 is 6.72 Å². The molecule has 0 amide bonds. The number of hydrogen-bond acceptors (Lipinski definition) is 6. The molecular formula is C25H33N2O3PS. The largest absolute Gasteiger partial charge is 0.406 e. The fourth-order valence-corrected chi connectivity index (χ4v) is 4.81. The summed E-state index contributed by atoms with van der Waals surface area (Å²) in [5.41, 5.74) is 3.57. The van der Waals surface area contributed by atoms with Gasteiger partial charge >= 0.3 is 6.72 Å². The van der Waals surface area contributed by atoms with Crippen LogP contribution in [-0.2, 0) is 27.3 Å². The zero-order chi connectivity index (χ0) is 23.4. The van der Waals surface area contributed by atoms with Gasteiger partial charge in [-0.3, -0.25) is 9.05 Å². The normalized spacial score (nSPS) is 11.1. The molecule has 32 heavy (non-hydrogen) atoms. The highest BCUT2D eigenvalue weighted by Crippen LogP contribution is 2.49. The van der Waals surface area contributed by atoms with Crippen LogP contribution in [0, 0.1) is 6.92 Å². The van der Waals surface area contributed by atoms with Crippen LogP contribution in [0.2, 0.25) is 0 Å². The zero-order valence-corrected chi connectivity index (χ0v) is 21.2. The third-order valence-corrected chi connectivity index (χ3v) is 6.65. The molecule has 172 valence electrons. The fraction of sp³-hybridized carbons (Fsp3) is 0.360. The van der Waals surface area contributed by atoms with Crippen LogP contribution in [0.3, 0.4) is 0 Å². The molecule has 1 heterocycles. The summed E-state index contributed by atoms with van der Waals surface area (Å²) in [5, 5.41) is 0. The van der Waals surface area contributed by atoms with Gasteiger partial charge in [0.1, 0.15) is 5.82 Å². The summed E-state index contributed by atoms with van der Waals surface area (Å²) in [7, 11) is 0. The van der Waals surface area contributed by atoms with Gasteiger partial charge in [-0.2, -0.15) is 4.98 Å². The van der Waals surface area contributed by atoms with E-state index in [2.05, 4.69) is 70.6 Å². The van der Waals surface area contributed by atoms with Gasteiger partial charge in [0, 0.05) is 29.5 Å². The molecule has 3 aromatic rings. The van der Waals surface area contributed by atoms with Gasteiger partial charge in [0.05, 0.1) is 13.2 Å². The number of nitrogens with zero attached hydrogens (tertiary/aromatic N) is 2. The molecule has 0 N–H and O–H groups in total. The summed E-state index contributed by atoms with van der Waals surface area (Å²) in [6.45, 7) is 7.78. The molecule has 5 nitrogen and oxygen atoms in total. The van der Waals surface area contributed by atoms with Crippen LogP contribution in [-0.4, -0.2) is 23.2 Å². The maximum absolute atomic E-state index is 5.68. The van der Waals surface area contributed by atoms with E-state index in [1.807, 2.05) is 34.6 Å². The van der Waals surface area contributed by atoms with E-state index < -0.39 is 6.72 Å². The van der Waals surface area contributed by atoms with Crippen molar-refractivity contribution in [2.45, 2.75) is 47.0 Å². The van der Waals surface area contributed by atoms with Gasteiger partial charge in [-0.25, -0.2) is 4.98 Å². The lowest BCUT2D eigenvalue weighted by Crippen LogP contribution is -2.06. The Hall–Kier alpha value is -2.11. The van der Waals surface area contributed by atoms with Gasteiger partial charge in [0.25, 0.3) is 0 Å². The molecule has 0 fully saturated rings. The van der Waals surface area contributed by atoms with Crippen molar-refractivity contribution in [3.05, 3.63) is 89.4 Å². The van der Waals surface area contributed by atoms with E-state index >= 15 is 0 Å². The number of rotatable bonds is 9. The van der Waals surface area contributed by atoms with Crippen molar-refractivity contribution in [2.24, 2.45) is 0 Å². The third kappa shape index (κ3) is 9.17. The Balaban J connectivity index is 0.000000242. The highest BCUT2D eigenvalue weighted by atomic mass is 32.5. The molecule has 3 rings (SSSR count). The maximum Gasteiger partial charge on any atom is 0.381 e. The first-order chi connectivity index (χ1) is 15.3. The maximum atomic E-state index is 5.68. The Morgan fingerprint density at radius 3 is 1.78 bits per heavy atom. The van der Waals surface area contributed by atoms with E-state index in [-0.39, 0.29) is 5.92 Å². The zero-order valence-electron chi connectivity index (χ0n) is 19.5. The topological polar surface area (TPSA) is 53.5 Å². The average Bonchev–Trinajstić information content (AvgIpc) is 2.75. The van der Waals surface area contributed by atoms with Gasteiger partial charge in [-0.05, 0) is 38.3 Å². The molecule has 0 saturated heterocycles. The number of hydrogen-bond donors (Lipinski definition) is 0. The highest BCUT2D eigenvalue weighted by Gasteiger charge is 2.22. The summed E-state index contributed by atoms with van der Waals surface area (Å²) < 4.78 is 16.6. The van der Waals surface area contributed by atoms with Crippen molar-refractivity contribution < 1.29 is 13.6 Å². The van der Waals surface area contributed by atoms with Crippen LogP contribution < -0.4 is 4.52 Å². The van der Waals surface area contributed by atoms with E-state index in [0.717, 1.165) is 17.9 Å². The van der Waals surface area contributed by atoms with Crippen molar-refractivity contribution in [1.29, 1.82) is 0 Å². The van der Waals surface area contributed by atoms with Gasteiger partial charge in [-0.1, -0.05) is 74.5 Å². The Labute approximate surface area is 197 Å². The Morgan fingerprint density at radius 2 is 1.34 bits per heavy atom. The van der Waals surface area contributed by atoms with Gasteiger partial charge < -0.3 is 4.52 Å². The molecule has 0 aliphatic rings. The summed E-state index contributed by atoms with van der Waals surface area (Å²) in [6, 6.07) is 22.8. The van der Waals surface area contributed by atoms with Crippen LogP contribution in [0.1, 0.15) is 56.3 Å². The molecule has 0 unspecified atom stereocenters. The number of benzene rings is 2. The second-order valence-electron chi connectivity index (χ2n) is 7.38. The Kier molecular flexibility index (Phi) is 11.0. The standard InChI is InChI=1S/C13H12.C12H21N2O3PS/c1-3-7-12(8-4-1)11-13-9-5-2-6-10-13;1-6-15-18(19,16-7-2)17-11-8-10(5)13-12(14-11)9(3)4/h1-10H,11H2;8-9H,6-7H2,1-5H3. The molecule has 0 aliphatic heterocycles. The minimum atomic E-state index is -2.77. The van der Waals surface area contributed by atoms with E-state index in [4.69, 9.17) is 25.4 Å². The van der Waals surface area contributed by atoms with E-state index in [1.165, 1.54) is 11.1 Å². The Bertz CT molecular complexity index is 937. The monoisotopic (exact) mass is 472 g/mol. The summed E-state index contributed by atoms with van der Waals surface area (Å²) in [4.78, 5) is 8.71. The molecule has 0 bridgehead atoms. The van der Waals surface area contributed by atoms with Crippen molar-refractivity contribution >= 4 is 18.5 Å². The van der Waals surface area contributed by atoms with Crippen molar-refractivity contribution in [2.75, 3.05) is 13.2 Å². The van der Waals surface area contributed by atoms with E-state index in [1.54, 1.807) is 6.07 Å². The molecular weight excluding hydrogens is 439 g/mol. The van der Waals surface area contributed by atoms with Crippen molar-refractivity contribution in [1.82, 2.24) is 9.97 Å². The lowest BCUT2D eigenvalue weighted by Gasteiger charge is -2.20. The smallest absolute Gasteiger partial charge is 0.381 e. The Morgan fingerprint density at radius 1 is 0.844 bits per heavy atom. The van der Waals surface area contributed by atoms with Crippen LogP contribution in [0.5, 0.6) is 5.88 Å². The van der Waals surface area contributed by atoms with Crippen LogP contribution in [0.25, 0.3) is 0 Å². The average molecular weight is 473 g/mol. The van der Waals surface area contributed by atoms with Gasteiger partial charge in [0.2, 0.25) is 5.88 Å². The minimum Gasteiger partial charge on any atom is -0.406 e. The predicted molar refractivity (Wildman–Crippen MR) is 135 cm³/mol. The summed E-state index contributed by atoms with van der Waals surface area (Å²) >= 11 is 5.32. The highest BCUT2D eigenvalue weighted by molar-refractivity contribution is 8.07. The van der Waals surface area contributed by atoms with Crippen molar-refractivity contribution in [3.8, 4) is 5.88 Å². The molecule has 1 aromatic heterocycles. The first-order valence-corrected chi connectivity index (χ1v) is 13.4. The molecule has 0 saturated carbocycles. The SMILES string of the molecule is CCOP(=S)(OCC)Oc1cc(C)nc(C(C)C)n1.c1ccc(Cc2ccccc2)cc1. The molecule has 0 spiro atoms. The first kappa shape index (κ1) is 26.1. The first-order valence-electron chi connectivity index (χ1n) is 10.9. The summed E-state index contributed by atoms with van der Waals surface area (Å²) in [5.74, 6) is 1.37. The molecule has 0 atom stereocenters. The molecule has 0 aliphatic carbocycles. The lowest BCUT2D eigenvalue weighted by atomic mass is 10.1. The fourth-order valence-electron chi connectivity index (χ4n) is 2.81. The molecule has 2 aromatic carbocycles. The van der Waals surface area contributed by atoms with Gasteiger partial charge in [0.15, 0.2) is 0 Å². The summed E-state index contributed by atoms with van der Waals surface area (Å²) in [6.07, 6.45) is 1.03. The van der Waals surface area contributed by atoms with E-state index in [0.29, 0.717) is 19.1 Å². The number of aryl methyl sites for hydroxylation is 1. The minimum absolute atomic E-state index is 0.222. The van der Waals surface area contributed by atoms with Crippen LogP contribution in [0.15, 0.2) is 66.7 Å². The van der Waals surface area contributed by atoms with E-state index in [9.17, 15) is 0 Å². The predicted octanol–water partition coefficient (Wildman–Crippen LogP) is 6.86. The van der Waals surface area contributed by atoms with Crippen LogP contribution in [0.4, 0.5) is 0 Å². The second-order valence-corrected chi connectivity index (χ2v) is 10.3. The second kappa shape index (κ2) is 13.4. The molecule has 0 radical (unpaired) electrons.